The first-order valence-corrected chi connectivity index (χ1v) is 7.41. The van der Waals surface area contributed by atoms with E-state index in [2.05, 4.69) is 10.6 Å². The first kappa shape index (κ1) is 13.4. The lowest BCUT2D eigenvalue weighted by Crippen LogP contribution is -2.24. The summed E-state index contributed by atoms with van der Waals surface area (Å²) in [5.41, 5.74) is 1.96. The lowest BCUT2D eigenvalue weighted by Gasteiger charge is -2.19. The van der Waals surface area contributed by atoms with Crippen molar-refractivity contribution < 1.29 is 9.53 Å². The van der Waals surface area contributed by atoms with Gasteiger partial charge in [0.15, 0.2) is 0 Å². The van der Waals surface area contributed by atoms with E-state index in [0.29, 0.717) is 6.04 Å². The zero-order valence-electron chi connectivity index (χ0n) is 11.9. The van der Waals surface area contributed by atoms with E-state index in [0.717, 1.165) is 23.2 Å². The third-order valence-electron chi connectivity index (χ3n) is 4.04. The minimum absolute atomic E-state index is 0.0887. The molecule has 2 saturated carbocycles. The molecule has 4 nitrogen and oxygen atoms in total. The van der Waals surface area contributed by atoms with Crippen molar-refractivity contribution in [3.8, 4) is 0 Å². The van der Waals surface area contributed by atoms with Gasteiger partial charge in [0.1, 0.15) is 6.61 Å². The normalized spacial score (nSPS) is 18.1. The van der Waals surface area contributed by atoms with Crippen molar-refractivity contribution >= 4 is 17.3 Å². The Hall–Kier alpha value is -1.55. The molecule has 2 aliphatic carbocycles. The number of carbonyl (C=O) groups excluding carboxylic acids is 1. The van der Waals surface area contributed by atoms with E-state index >= 15 is 0 Å². The average Bonchev–Trinajstić information content (AvgIpc) is 3.30. The van der Waals surface area contributed by atoms with E-state index in [1.165, 1.54) is 32.8 Å². The minimum Gasteiger partial charge on any atom is -0.382 e. The Balaban J connectivity index is 1.56. The first-order valence-electron chi connectivity index (χ1n) is 7.41. The molecule has 0 saturated heterocycles. The van der Waals surface area contributed by atoms with Crippen LogP contribution in [0.4, 0.5) is 11.4 Å². The summed E-state index contributed by atoms with van der Waals surface area (Å²) in [5, 5.41) is 6.47. The number of hydrogen-bond acceptors (Lipinski definition) is 3. The maximum atomic E-state index is 11.4. The van der Waals surface area contributed by atoms with Crippen LogP contribution in [0, 0.1) is 11.8 Å². The molecule has 0 spiro atoms. The number of nitrogens with one attached hydrogen (secondary N) is 2. The summed E-state index contributed by atoms with van der Waals surface area (Å²) in [6.07, 6.45) is 5.50. The van der Waals surface area contributed by atoms with Crippen LogP contribution in [0.3, 0.4) is 0 Å². The van der Waals surface area contributed by atoms with E-state index in [-0.39, 0.29) is 12.5 Å². The number of amides is 1. The maximum absolute atomic E-state index is 11.4. The van der Waals surface area contributed by atoms with Crippen LogP contribution in [0.1, 0.15) is 25.7 Å². The average molecular weight is 274 g/mol. The molecule has 0 heterocycles. The van der Waals surface area contributed by atoms with Crippen molar-refractivity contribution in [1.82, 2.24) is 0 Å². The minimum atomic E-state index is -0.123. The molecule has 1 aromatic rings. The Morgan fingerprint density at radius 3 is 2.20 bits per heavy atom. The highest BCUT2D eigenvalue weighted by molar-refractivity contribution is 5.91. The predicted octanol–water partition coefficient (Wildman–Crippen LogP) is 2.87. The van der Waals surface area contributed by atoms with Gasteiger partial charge in [-0.15, -0.1) is 0 Å². The number of anilines is 2. The molecule has 0 radical (unpaired) electrons. The van der Waals surface area contributed by atoms with Crippen LogP contribution in [-0.4, -0.2) is 25.7 Å². The Morgan fingerprint density at radius 2 is 1.70 bits per heavy atom. The molecule has 1 aromatic carbocycles. The molecule has 2 N–H and O–H groups in total. The van der Waals surface area contributed by atoms with E-state index in [1.54, 1.807) is 0 Å². The molecule has 2 fully saturated rings. The summed E-state index contributed by atoms with van der Waals surface area (Å²) in [7, 11) is 1.52. The van der Waals surface area contributed by atoms with Gasteiger partial charge in [-0.25, -0.2) is 0 Å². The summed E-state index contributed by atoms with van der Waals surface area (Å²) < 4.78 is 4.79. The van der Waals surface area contributed by atoms with Gasteiger partial charge in [-0.1, -0.05) is 0 Å². The van der Waals surface area contributed by atoms with Gasteiger partial charge in [0, 0.05) is 24.5 Å². The largest absolute Gasteiger partial charge is 0.382 e. The fourth-order valence-corrected chi connectivity index (χ4v) is 2.70. The zero-order chi connectivity index (χ0) is 13.9. The third kappa shape index (κ3) is 3.51. The van der Waals surface area contributed by atoms with Gasteiger partial charge in [-0.05, 0) is 61.8 Å². The summed E-state index contributed by atoms with van der Waals surface area (Å²) in [4.78, 5) is 11.4. The standard InChI is InChI=1S/C16H22N2O2/c1-20-10-15(19)17-13-6-8-14(9-7-13)18-16(11-2-3-11)12-4-5-12/h6-9,11-12,16,18H,2-5,10H2,1H3,(H,17,19). The molecule has 2 aliphatic rings. The summed E-state index contributed by atoms with van der Waals surface area (Å²) in [6, 6.07) is 8.61. The molecule has 3 rings (SSSR count). The van der Waals surface area contributed by atoms with Crippen molar-refractivity contribution in [1.29, 1.82) is 0 Å². The highest BCUT2D eigenvalue weighted by Crippen LogP contribution is 2.45. The number of benzene rings is 1. The number of hydrogen-bond donors (Lipinski definition) is 2. The Bertz CT molecular complexity index is 452. The maximum Gasteiger partial charge on any atom is 0.250 e. The summed E-state index contributed by atoms with van der Waals surface area (Å²) >= 11 is 0. The molecular formula is C16H22N2O2. The second-order valence-electron chi connectivity index (χ2n) is 5.90. The predicted molar refractivity (Wildman–Crippen MR) is 79.8 cm³/mol. The van der Waals surface area contributed by atoms with Gasteiger partial charge in [-0.3, -0.25) is 4.79 Å². The van der Waals surface area contributed by atoms with Crippen LogP contribution in [0.25, 0.3) is 0 Å². The van der Waals surface area contributed by atoms with Gasteiger partial charge < -0.3 is 15.4 Å². The highest BCUT2D eigenvalue weighted by atomic mass is 16.5. The van der Waals surface area contributed by atoms with Gasteiger partial charge in [0.05, 0.1) is 0 Å². The van der Waals surface area contributed by atoms with Crippen molar-refractivity contribution in [2.45, 2.75) is 31.7 Å². The van der Waals surface area contributed by atoms with E-state index < -0.39 is 0 Å². The van der Waals surface area contributed by atoms with Gasteiger partial charge in [-0.2, -0.15) is 0 Å². The van der Waals surface area contributed by atoms with Crippen molar-refractivity contribution in [2.24, 2.45) is 11.8 Å². The van der Waals surface area contributed by atoms with Gasteiger partial charge >= 0.3 is 0 Å². The lowest BCUT2D eigenvalue weighted by molar-refractivity contribution is -0.119. The SMILES string of the molecule is COCC(=O)Nc1ccc(NC(C2CC2)C2CC2)cc1. The second-order valence-corrected chi connectivity index (χ2v) is 5.90. The zero-order valence-corrected chi connectivity index (χ0v) is 11.9. The van der Waals surface area contributed by atoms with Crippen molar-refractivity contribution in [2.75, 3.05) is 24.4 Å². The van der Waals surface area contributed by atoms with Crippen LogP contribution in [0.2, 0.25) is 0 Å². The first-order chi connectivity index (χ1) is 9.76. The number of carbonyl (C=O) groups is 1. The van der Waals surface area contributed by atoms with Gasteiger partial charge in [0.25, 0.3) is 0 Å². The molecule has 0 atom stereocenters. The smallest absolute Gasteiger partial charge is 0.250 e. The monoisotopic (exact) mass is 274 g/mol. The van der Waals surface area contributed by atoms with Crippen LogP contribution < -0.4 is 10.6 Å². The highest BCUT2D eigenvalue weighted by Gasteiger charge is 2.41. The lowest BCUT2D eigenvalue weighted by atomic mass is 10.1. The number of ether oxygens (including phenoxy) is 1. The molecule has 108 valence electrons. The third-order valence-corrected chi connectivity index (χ3v) is 4.04. The Morgan fingerprint density at radius 1 is 1.15 bits per heavy atom. The summed E-state index contributed by atoms with van der Waals surface area (Å²) in [6.45, 7) is 0.0887. The fraction of sp³-hybridized carbons (Fsp3) is 0.562. The van der Waals surface area contributed by atoms with Crippen LogP contribution in [0.5, 0.6) is 0 Å². The summed E-state index contributed by atoms with van der Waals surface area (Å²) in [5.74, 6) is 1.63. The second kappa shape index (κ2) is 5.83. The molecule has 0 bridgehead atoms. The van der Waals surface area contributed by atoms with E-state index in [1.807, 2.05) is 24.3 Å². The molecular weight excluding hydrogens is 252 g/mol. The molecule has 4 heteroatoms. The number of rotatable bonds is 7. The molecule has 0 unspecified atom stereocenters. The Kier molecular flexibility index (Phi) is 3.92. The molecule has 20 heavy (non-hydrogen) atoms. The van der Waals surface area contributed by atoms with Gasteiger partial charge in [0.2, 0.25) is 5.91 Å². The van der Waals surface area contributed by atoms with Crippen LogP contribution in [-0.2, 0) is 9.53 Å². The molecule has 1 amide bonds. The molecule has 0 aromatic heterocycles. The van der Waals surface area contributed by atoms with E-state index in [4.69, 9.17) is 4.74 Å². The molecule has 0 aliphatic heterocycles. The Labute approximate surface area is 119 Å². The van der Waals surface area contributed by atoms with Crippen LogP contribution >= 0.6 is 0 Å². The topological polar surface area (TPSA) is 50.4 Å². The van der Waals surface area contributed by atoms with Crippen LogP contribution in [0.15, 0.2) is 24.3 Å². The van der Waals surface area contributed by atoms with E-state index in [9.17, 15) is 4.79 Å². The van der Waals surface area contributed by atoms with Crippen molar-refractivity contribution in [3.05, 3.63) is 24.3 Å². The quantitative estimate of drug-likeness (QED) is 0.804. The fourth-order valence-electron chi connectivity index (χ4n) is 2.70. The van der Waals surface area contributed by atoms with Crippen molar-refractivity contribution in [3.63, 3.8) is 0 Å². The number of methoxy groups -OCH3 is 1.